The Morgan fingerprint density at radius 3 is 2.43 bits per heavy atom. The normalized spacial score (nSPS) is 10.2. The van der Waals surface area contributed by atoms with Crippen LogP contribution in [0.3, 0.4) is 0 Å². The summed E-state index contributed by atoms with van der Waals surface area (Å²) in [6.07, 6.45) is 0.309. The molecule has 2 aromatic carbocycles. The van der Waals surface area contributed by atoms with Crippen LogP contribution in [0.15, 0.2) is 48.5 Å². The zero-order valence-electron chi connectivity index (χ0n) is 11.9. The molecule has 21 heavy (non-hydrogen) atoms. The molecule has 4 heteroatoms. The molecule has 1 N–H and O–H groups in total. The van der Waals surface area contributed by atoms with Gasteiger partial charge in [0.15, 0.2) is 0 Å². The van der Waals surface area contributed by atoms with Crippen LogP contribution in [0, 0.1) is 0 Å². The van der Waals surface area contributed by atoms with E-state index in [0.29, 0.717) is 18.8 Å². The quantitative estimate of drug-likeness (QED) is 0.832. The molecule has 1 amide bonds. The first-order valence-electron chi connectivity index (χ1n) is 6.75. The number of nitrogens with one attached hydrogen (secondary N) is 1. The number of rotatable bonds is 6. The SMILES string of the molecule is COc1ccccc1CC(=O)NCc1ccc(CCl)cc1. The molecule has 0 fully saturated rings. The average molecular weight is 304 g/mol. The first-order chi connectivity index (χ1) is 10.2. The van der Waals surface area contributed by atoms with E-state index in [2.05, 4.69) is 5.32 Å². The lowest BCUT2D eigenvalue weighted by Crippen LogP contribution is -2.24. The second kappa shape index (κ2) is 7.70. The number of hydrogen-bond donors (Lipinski definition) is 1. The topological polar surface area (TPSA) is 38.3 Å². The lowest BCUT2D eigenvalue weighted by molar-refractivity contribution is -0.120. The molecule has 0 bridgehead atoms. The van der Waals surface area contributed by atoms with E-state index >= 15 is 0 Å². The Bertz CT molecular complexity index is 596. The zero-order valence-corrected chi connectivity index (χ0v) is 12.7. The third-order valence-electron chi connectivity index (χ3n) is 3.21. The highest BCUT2D eigenvalue weighted by molar-refractivity contribution is 6.17. The van der Waals surface area contributed by atoms with Gasteiger partial charge in [0.2, 0.25) is 5.91 Å². The number of carbonyl (C=O) groups is 1. The monoisotopic (exact) mass is 303 g/mol. The standard InChI is InChI=1S/C17H18ClNO2/c1-21-16-5-3-2-4-15(16)10-17(20)19-12-14-8-6-13(11-18)7-9-14/h2-9H,10-12H2,1H3,(H,19,20). The number of para-hydroxylation sites is 1. The summed E-state index contributed by atoms with van der Waals surface area (Å²) in [5.74, 6) is 1.21. The minimum absolute atomic E-state index is 0.0269. The van der Waals surface area contributed by atoms with Crippen LogP contribution in [0.4, 0.5) is 0 Å². The molecule has 2 rings (SSSR count). The zero-order chi connectivity index (χ0) is 15.1. The molecule has 0 radical (unpaired) electrons. The number of methoxy groups -OCH3 is 1. The number of benzene rings is 2. The van der Waals surface area contributed by atoms with E-state index in [9.17, 15) is 4.79 Å². The molecule has 2 aromatic rings. The minimum atomic E-state index is -0.0269. The summed E-state index contributed by atoms with van der Waals surface area (Å²) in [6.45, 7) is 0.510. The summed E-state index contributed by atoms with van der Waals surface area (Å²) in [6, 6.07) is 15.4. The van der Waals surface area contributed by atoms with Gasteiger partial charge in [-0.3, -0.25) is 4.79 Å². The van der Waals surface area contributed by atoms with Crippen LogP contribution in [-0.2, 0) is 23.6 Å². The van der Waals surface area contributed by atoms with E-state index in [1.807, 2.05) is 48.5 Å². The summed E-state index contributed by atoms with van der Waals surface area (Å²) < 4.78 is 5.24. The van der Waals surface area contributed by atoms with Crippen LogP contribution in [0.2, 0.25) is 0 Å². The van der Waals surface area contributed by atoms with Crippen LogP contribution in [0.25, 0.3) is 0 Å². The number of carbonyl (C=O) groups excluding carboxylic acids is 1. The van der Waals surface area contributed by atoms with Gasteiger partial charge in [-0.15, -0.1) is 11.6 Å². The molecule has 0 atom stereocenters. The summed E-state index contributed by atoms with van der Waals surface area (Å²) >= 11 is 5.74. The third-order valence-corrected chi connectivity index (χ3v) is 3.52. The van der Waals surface area contributed by atoms with Crippen LogP contribution >= 0.6 is 11.6 Å². The summed E-state index contributed by atoms with van der Waals surface area (Å²) in [5, 5.41) is 2.91. The minimum Gasteiger partial charge on any atom is -0.496 e. The van der Waals surface area contributed by atoms with Crippen LogP contribution < -0.4 is 10.1 Å². The van der Waals surface area contributed by atoms with Gasteiger partial charge in [-0.25, -0.2) is 0 Å². The number of halogens is 1. The van der Waals surface area contributed by atoms with Crippen molar-refractivity contribution < 1.29 is 9.53 Å². The lowest BCUT2D eigenvalue weighted by Gasteiger charge is -2.09. The van der Waals surface area contributed by atoms with E-state index in [1.54, 1.807) is 7.11 Å². The van der Waals surface area contributed by atoms with Crippen LogP contribution in [0.5, 0.6) is 5.75 Å². The fourth-order valence-corrected chi connectivity index (χ4v) is 2.21. The molecule has 0 saturated heterocycles. The Labute approximate surface area is 129 Å². The molecule has 0 aliphatic heterocycles. The van der Waals surface area contributed by atoms with Gasteiger partial charge in [-0.05, 0) is 17.2 Å². The van der Waals surface area contributed by atoms with Crippen molar-refractivity contribution >= 4 is 17.5 Å². The van der Waals surface area contributed by atoms with Crippen molar-refractivity contribution in [2.45, 2.75) is 18.8 Å². The summed E-state index contributed by atoms with van der Waals surface area (Å²) in [4.78, 5) is 12.0. The number of hydrogen-bond acceptors (Lipinski definition) is 2. The van der Waals surface area contributed by atoms with Crippen molar-refractivity contribution in [1.82, 2.24) is 5.32 Å². The van der Waals surface area contributed by atoms with Gasteiger partial charge in [0.25, 0.3) is 0 Å². The predicted octanol–water partition coefficient (Wildman–Crippen LogP) is 3.29. The molecule has 3 nitrogen and oxygen atoms in total. The molecular formula is C17H18ClNO2. The molecule has 0 heterocycles. The maximum atomic E-state index is 12.0. The maximum absolute atomic E-state index is 12.0. The lowest BCUT2D eigenvalue weighted by atomic mass is 10.1. The number of alkyl halides is 1. The van der Waals surface area contributed by atoms with Crippen molar-refractivity contribution in [2.24, 2.45) is 0 Å². The van der Waals surface area contributed by atoms with Gasteiger partial charge in [0.1, 0.15) is 5.75 Å². The molecule has 0 aliphatic rings. The largest absolute Gasteiger partial charge is 0.496 e. The Morgan fingerprint density at radius 2 is 1.76 bits per heavy atom. The van der Waals surface area contributed by atoms with Crippen LogP contribution in [0.1, 0.15) is 16.7 Å². The molecule has 0 saturated carbocycles. The van der Waals surface area contributed by atoms with Crippen molar-refractivity contribution in [3.05, 3.63) is 65.2 Å². The first-order valence-corrected chi connectivity index (χ1v) is 7.28. The van der Waals surface area contributed by atoms with Crippen molar-refractivity contribution in [3.8, 4) is 5.75 Å². The number of ether oxygens (including phenoxy) is 1. The van der Waals surface area contributed by atoms with Gasteiger partial charge in [0.05, 0.1) is 13.5 Å². The van der Waals surface area contributed by atoms with E-state index in [4.69, 9.17) is 16.3 Å². The van der Waals surface area contributed by atoms with Gasteiger partial charge in [-0.2, -0.15) is 0 Å². The van der Waals surface area contributed by atoms with Crippen molar-refractivity contribution in [3.63, 3.8) is 0 Å². The van der Waals surface area contributed by atoms with Crippen molar-refractivity contribution in [2.75, 3.05) is 7.11 Å². The molecule has 0 aromatic heterocycles. The Kier molecular flexibility index (Phi) is 5.64. The van der Waals surface area contributed by atoms with E-state index in [-0.39, 0.29) is 5.91 Å². The van der Waals surface area contributed by atoms with Crippen molar-refractivity contribution in [1.29, 1.82) is 0 Å². The van der Waals surface area contributed by atoms with Gasteiger partial charge in [0, 0.05) is 18.0 Å². The third kappa shape index (κ3) is 4.50. The van der Waals surface area contributed by atoms with E-state index in [0.717, 1.165) is 22.4 Å². The highest BCUT2D eigenvalue weighted by Gasteiger charge is 2.07. The molecule has 0 aliphatic carbocycles. The maximum Gasteiger partial charge on any atom is 0.224 e. The Hall–Kier alpha value is -2.00. The van der Waals surface area contributed by atoms with Gasteiger partial charge >= 0.3 is 0 Å². The summed E-state index contributed by atoms with van der Waals surface area (Å²) in [5.41, 5.74) is 3.01. The highest BCUT2D eigenvalue weighted by atomic mass is 35.5. The van der Waals surface area contributed by atoms with Gasteiger partial charge < -0.3 is 10.1 Å². The Balaban J connectivity index is 1.89. The second-order valence-corrected chi connectivity index (χ2v) is 4.98. The fourth-order valence-electron chi connectivity index (χ4n) is 2.03. The smallest absolute Gasteiger partial charge is 0.224 e. The first kappa shape index (κ1) is 15.4. The number of amides is 1. The molecule has 110 valence electrons. The second-order valence-electron chi connectivity index (χ2n) is 4.72. The van der Waals surface area contributed by atoms with E-state index < -0.39 is 0 Å². The molecular weight excluding hydrogens is 286 g/mol. The van der Waals surface area contributed by atoms with E-state index in [1.165, 1.54) is 0 Å². The predicted molar refractivity (Wildman–Crippen MR) is 84.5 cm³/mol. The fraction of sp³-hybridized carbons (Fsp3) is 0.235. The summed E-state index contributed by atoms with van der Waals surface area (Å²) in [7, 11) is 1.61. The average Bonchev–Trinajstić information content (AvgIpc) is 2.54. The molecule has 0 spiro atoms. The van der Waals surface area contributed by atoms with Crippen LogP contribution in [-0.4, -0.2) is 13.0 Å². The van der Waals surface area contributed by atoms with Gasteiger partial charge in [-0.1, -0.05) is 42.5 Å². The highest BCUT2D eigenvalue weighted by Crippen LogP contribution is 2.17. The molecule has 0 unspecified atom stereocenters. The Morgan fingerprint density at radius 1 is 1.10 bits per heavy atom.